The summed E-state index contributed by atoms with van der Waals surface area (Å²) < 4.78 is 7.38. The van der Waals surface area contributed by atoms with Crippen LogP contribution in [0.15, 0.2) is 75.9 Å². The zero-order chi connectivity index (χ0) is 23.9. The van der Waals surface area contributed by atoms with Crippen LogP contribution in [0, 0.1) is 5.92 Å². The van der Waals surface area contributed by atoms with Crippen molar-refractivity contribution in [3.05, 3.63) is 99.9 Å². The number of pyridine rings is 1. The number of hydrogen-bond acceptors (Lipinski definition) is 5. The van der Waals surface area contributed by atoms with Crippen molar-refractivity contribution in [2.45, 2.75) is 32.0 Å². The number of piperidine rings is 1. The van der Waals surface area contributed by atoms with Crippen LogP contribution >= 0.6 is 0 Å². The van der Waals surface area contributed by atoms with E-state index in [2.05, 4.69) is 5.32 Å². The second-order valence-corrected chi connectivity index (χ2v) is 9.54. The van der Waals surface area contributed by atoms with Gasteiger partial charge in [0, 0.05) is 36.8 Å². The van der Waals surface area contributed by atoms with Crippen LogP contribution in [0.4, 0.5) is 5.69 Å². The first-order chi connectivity index (χ1) is 17.1. The maximum atomic E-state index is 13.4. The highest BCUT2D eigenvalue weighted by atomic mass is 16.4. The summed E-state index contributed by atoms with van der Waals surface area (Å²) in [5.74, 6) is 1.61. The van der Waals surface area contributed by atoms with Gasteiger partial charge in [0.05, 0.1) is 6.54 Å². The maximum absolute atomic E-state index is 13.4. The quantitative estimate of drug-likeness (QED) is 0.462. The lowest BCUT2D eigenvalue weighted by molar-refractivity contribution is 0.0595. The number of rotatable bonds is 5. The molecule has 2 atom stereocenters. The van der Waals surface area contributed by atoms with Gasteiger partial charge < -0.3 is 24.3 Å². The molecule has 2 N–H and O–H groups in total. The lowest BCUT2D eigenvalue weighted by Gasteiger charge is -2.43. The number of anilines is 1. The van der Waals surface area contributed by atoms with Crippen molar-refractivity contribution in [3.8, 4) is 0 Å². The maximum Gasteiger partial charge on any atom is 0.274 e. The number of aromatic nitrogens is 1. The monoisotopic (exact) mass is 469 g/mol. The second-order valence-electron chi connectivity index (χ2n) is 9.54. The van der Waals surface area contributed by atoms with Gasteiger partial charge in [0.2, 0.25) is 0 Å². The number of carbonyl (C=O) groups excluding carboxylic acids is 1. The van der Waals surface area contributed by atoms with Gasteiger partial charge in [-0.3, -0.25) is 9.59 Å². The molecule has 4 heterocycles. The minimum atomic E-state index is -0.148. The first-order valence-electron chi connectivity index (χ1n) is 12.0. The largest absolute Gasteiger partial charge is 0.462 e. The summed E-state index contributed by atoms with van der Waals surface area (Å²) in [6.07, 6.45) is 0.990. The number of benzene rings is 2. The number of aliphatic hydroxyl groups excluding tert-OH is 1. The standard InChI is InChI=1S/C28H27N3O4/c32-17-24-8-7-23(35-24)13-29-25-9-10-26-22-11-18(15-31(26)28(25)34)14-30(16-22)27(33)21-6-5-19-3-1-2-4-20(19)12-21/h1-10,12,18,22,29,32H,11,13-17H2/t18-,22-/m1/s1. The van der Waals surface area contributed by atoms with Gasteiger partial charge in [0.15, 0.2) is 0 Å². The Morgan fingerprint density at radius 1 is 0.971 bits per heavy atom. The predicted octanol–water partition coefficient (Wildman–Crippen LogP) is 3.96. The number of nitrogens with zero attached hydrogens (tertiary/aromatic N) is 2. The molecule has 178 valence electrons. The van der Waals surface area contributed by atoms with E-state index in [0.717, 1.165) is 22.9 Å². The number of furan rings is 1. The van der Waals surface area contributed by atoms with E-state index in [1.54, 1.807) is 12.1 Å². The van der Waals surface area contributed by atoms with Crippen molar-refractivity contribution in [2.75, 3.05) is 18.4 Å². The minimum Gasteiger partial charge on any atom is -0.462 e. The van der Waals surface area contributed by atoms with E-state index in [0.29, 0.717) is 49.0 Å². The van der Waals surface area contributed by atoms with E-state index < -0.39 is 0 Å². The van der Waals surface area contributed by atoms with Crippen LogP contribution in [-0.2, 0) is 19.7 Å². The molecule has 35 heavy (non-hydrogen) atoms. The highest BCUT2D eigenvalue weighted by molar-refractivity contribution is 5.98. The van der Waals surface area contributed by atoms with E-state index in [9.17, 15) is 9.59 Å². The fraction of sp³-hybridized carbons (Fsp3) is 0.286. The fourth-order valence-electron chi connectivity index (χ4n) is 5.54. The molecule has 1 amide bonds. The highest BCUT2D eigenvalue weighted by Gasteiger charge is 2.37. The average Bonchev–Trinajstić information content (AvgIpc) is 3.36. The van der Waals surface area contributed by atoms with Crippen molar-refractivity contribution >= 4 is 22.4 Å². The van der Waals surface area contributed by atoms with Crippen molar-refractivity contribution in [3.63, 3.8) is 0 Å². The molecular weight excluding hydrogens is 442 g/mol. The van der Waals surface area contributed by atoms with Crippen molar-refractivity contribution in [1.29, 1.82) is 0 Å². The normalized spacial score (nSPS) is 18.9. The molecule has 2 aliphatic rings. The zero-order valence-corrected chi connectivity index (χ0v) is 19.3. The number of amides is 1. The van der Waals surface area contributed by atoms with Gasteiger partial charge >= 0.3 is 0 Å². The third-order valence-electron chi connectivity index (χ3n) is 7.21. The topological polar surface area (TPSA) is 87.7 Å². The number of fused-ring (bicyclic) bond motifs is 5. The molecule has 0 unspecified atom stereocenters. The molecule has 7 nitrogen and oxygen atoms in total. The van der Waals surface area contributed by atoms with Gasteiger partial charge in [-0.2, -0.15) is 0 Å². The van der Waals surface area contributed by atoms with Gasteiger partial charge in [-0.05, 0) is 59.5 Å². The molecule has 0 radical (unpaired) electrons. The molecule has 7 heteroatoms. The van der Waals surface area contributed by atoms with Crippen LogP contribution in [-0.4, -0.2) is 33.6 Å². The van der Waals surface area contributed by atoms with E-state index in [-0.39, 0.29) is 29.9 Å². The molecule has 1 saturated heterocycles. The molecule has 0 aliphatic carbocycles. The van der Waals surface area contributed by atoms with Gasteiger partial charge in [0.1, 0.15) is 23.8 Å². The second kappa shape index (κ2) is 8.74. The Hall–Kier alpha value is -3.84. The van der Waals surface area contributed by atoms with Gasteiger partial charge in [-0.25, -0.2) is 0 Å². The number of aliphatic hydroxyl groups is 1. The minimum absolute atomic E-state index is 0.0413. The SMILES string of the molecule is O=C(c1ccc2ccccc2c1)N1C[C@H]2C[C@H](C1)c1ccc(NCc3ccc(CO)o3)c(=O)n1C2. The zero-order valence-electron chi connectivity index (χ0n) is 19.3. The molecule has 0 saturated carbocycles. The van der Waals surface area contributed by atoms with Gasteiger partial charge in [0.25, 0.3) is 11.5 Å². The molecular formula is C28H27N3O4. The Bertz CT molecular complexity index is 1470. The highest BCUT2D eigenvalue weighted by Crippen LogP contribution is 2.36. The van der Waals surface area contributed by atoms with Crippen molar-refractivity contribution < 1.29 is 14.3 Å². The average molecular weight is 470 g/mol. The Morgan fingerprint density at radius 3 is 2.63 bits per heavy atom. The first kappa shape index (κ1) is 21.7. The fourth-order valence-corrected chi connectivity index (χ4v) is 5.54. The summed E-state index contributed by atoms with van der Waals surface area (Å²) in [6.45, 7) is 2.10. The van der Waals surface area contributed by atoms with Gasteiger partial charge in [-0.1, -0.05) is 30.3 Å². The summed E-state index contributed by atoms with van der Waals surface area (Å²) >= 11 is 0. The molecule has 2 aromatic heterocycles. The van der Waals surface area contributed by atoms with Crippen LogP contribution in [0.2, 0.25) is 0 Å². The van der Waals surface area contributed by atoms with Crippen LogP contribution in [0.3, 0.4) is 0 Å². The number of likely N-dealkylation sites (tertiary alicyclic amines) is 1. The summed E-state index contributed by atoms with van der Waals surface area (Å²) in [4.78, 5) is 28.6. The van der Waals surface area contributed by atoms with Gasteiger partial charge in [-0.15, -0.1) is 0 Å². The summed E-state index contributed by atoms with van der Waals surface area (Å²) in [5.41, 5.74) is 2.19. The van der Waals surface area contributed by atoms with E-state index in [1.165, 1.54) is 0 Å². The van der Waals surface area contributed by atoms with Crippen LogP contribution in [0.1, 0.15) is 39.9 Å². The van der Waals surface area contributed by atoms with Crippen molar-refractivity contribution in [1.82, 2.24) is 9.47 Å². The van der Waals surface area contributed by atoms with Crippen LogP contribution < -0.4 is 10.9 Å². The molecule has 0 spiro atoms. The van der Waals surface area contributed by atoms with Crippen LogP contribution in [0.25, 0.3) is 10.8 Å². The first-order valence-corrected chi connectivity index (χ1v) is 12.0. The predicted molar refractivity (Wildman–Crippen MR) is 133 cm³/mol. The Kier molecular flexibility index (Phi) is 5.41. The summed E-state index contributed by atoms with van der Waals surface area (Å²) in [7, 11) is 0. The van der Waals surface area contributed by atoms with Crippen molar-refractivity contribution in [2.24, 2.45) is 5.92 Å². The Balaban J connectivity index is 1.21. The number of carbonyl (C=O) groups is 1. The molecule has 6 rings (SSSR count). The summed E-state index contributed by atoms with van der Waals surface area (Å²) in [6, 6.07) is 21.3. The molecule has 4 aromatic rings. The number of nitrogens with one attached hydrogen (secondary N) is 1. The lowest BCUT2D eigenvalue weighted by Crippen LogP contribution is -2.49. The van der Waals surface area contributed by atoms with E-state index in [1.807, 2.05) is 64.1 Å². The van der Waals surface area contributed by atoms with E-state index in [4.69, 9.17) is 9.52 Å². The number of hydrogen-bond donors (Lipinski definition) is 2. The third-order valence-corrected chi connectivity index (χ3v) is 7.21. The Labute approximate surface area is 202 Å². The smallest absolute Gasteiger partial charge is 0.274 e. The van der Waals surface area contributed by atoms with Crippen LogP contribution in [0.5, 0.6) is 0 Å². The molecule has 2 aliphatic heterocycles. The molecule has 1 fully saturated rings. The molecule has 2 aromatic carbocycles. The Morgan fingerprint density at radius 2 is 1.80 bits per heavy atom. The third kappa shape index (κ3) is 4.02. The van der Waals surface area contributed by atoms with E-state index >= 15 is 0 Å². The molecule has 2 bridgehead atoms. The lowest BCUT2D eigenvalue weighted by atomic mass is 9.83. The summed E-state index contributed by atoms with van der Waals surface area (Å²) in [5, 5.41) is 14.5.